The van der Waals surface area contributed by atoms with Gasteiger partial charge in [0.15, 0.2) is 0 Å². The normalized spacial score (nSPS) is 10.9. The molecule has 16 heavy (non-hydrogen) atoms. The average molecular weight is 214 g/mol. The fourth-order valence-electron chi connectivity index (χ4n) is 1.83. The third-order valence-corrected chi connectivity index (χ3v) is 2.85. The molecule has 0 atom stereocenters. The van der Waals surface area contributed by atoms with Crippen LogP contribution in [0.4, 0.5) is 0 Å². The van der Waals surface area contributed by atoms with Gasteiger partial charge in [-0.2, -0.15) is 0 Å². The highest BCUT2D eigenvalue weighted by Gasteiger charge is 1.99. The third kappa shape index (κ3) is 2.39. The summed E-state index contributed by atoms with van der Waals surface area (Å²) in [7, 11) is 1.97. The molecule has 0 saturated carbocycles. The van der Waals surface area contributed by atoms with E-state index in [4.69, 9.17) is 0 Å². The van der Waals surface area contributed by atoms with E-state index in [2.05, 4.69) is 47.6 Å². The van der Waals surface area contributed by atoms with E-state index in [1.807, 2.05) is 7.05 Å². The Kier molecular flexibility index (Phi) is 3.52. The Morgan fingerprint density at radius 2 is 2.06 bits per heavy atom. The van der Waals surface area contributed by atoms with Gasteiger partial charge in [-0.3, -0.25) is 4.98 Å². The van der Waals surface area contributed by atoms with Gasteiger partial charge in [0.2, 0.25) is 0 Å². The molecule has 0 spiro atoms. The predicted molar refractivity (Wildman–Crippen MR) is 68.8 cm³/mol. The van der Waals surface area contributed by atoms with Crippen LogP contribution < -0.4 is 5.32 Å². The van der Waals surface area contributed by atoms with Crippen LogP contribution in [-0.4, -0.2) is 18.6 Å². The van der Waals surface area contributed by atoms with Crippen molar-refractivity contribution in [2.24, 2.45) is 0 Å². The molecule has 1 aromatic carbocycles. The van der Waals surface area contributed by atoms with Gasteiger partial charge in [0.05, 0.1) is 5.52 Å². The lowest BCUT2D eigenvalue weighted by molar-refractivity contribution is 0.779. The van der Waals surface area contributed by atoms with Crippen molar-refractivity contribution < 1.29 is 0 Å². The fraction of sp³-hybridized carbons (Fsp3) is 0.357. The minimum absolute atomic E-state index is 0.978. The van der Waals surface area contributed by atoms with E-state index in [1.165, 1.54) is 10.9 Å². The van der Waals surface area contributed by atoms with E-state index in [0.717, 1.165) is 30.6 Å². The number of hydrogen-bond acceptors (Lipinski definition) is 2. The maximum absolute atomic E-state index is 4.65. The van der Waals surface area contributed by atoms with Gasteiger partial charge in [-0.15, -0.1) is 0 Å². The van der Waals surface area contributed by atoms with Gasteiger partial charge < -0.3 is 5.32 Å². The quantitative estimate of drug-likeness (QED) is 0.846. The molecule has 1 N–H and O–H groups in total. The number of nitrogens with one attached hydrogen (secondary N) is 1. The first-order chi connectivity index (χ1) is 7.83. The van der Waals surface area contributed by atoms with Gasteiger partial charge in [-0.05, 0) is 37.2 Å². The lowest BCUT2D eigenvalue weighted by atomic mass is 10.1. The second-order valence-corrected chi connectivity index (χ2v) is 4.04. The van der Waals surface area contributed by atoms with Crippen LogP contribution in [0.5, 0.6) is 0 Å². The summed E-state index contributed by atoms with van der Waals surface area (Å²) in [6.07, 6.45) is 2.07. The maximum atomic E-state index is 4.65. The lowest BCUT2D eigenvalue weighted by Gasteiger charge is -2.04. The summed E-state index contributed by atoms with van der Waals surface area (Å²) < 4.78 is 0. The van der Waals surface area contributed by atoms with Crippen molar-refractivity contribution in [3.63, 3.8) is 0 Å². The predicted octanol–water partition coefficient (Wildman–Crippen LogP) is 2.56. The van der Waals surface area contributed by atoms with Crippen LogP contribution in [0.15, 0.2) is 30.3 Å². The zero-order chi connectivity index (χ0) is 11.4. The van der Waals surface area contributed by atoms with E-state index in [9.17, 15) is 0 Å². The standard InChI is InChI=1S/C14H18N2/c1-3-11-4-7-14-12(10-11)5-6-13(16-14)8-9-15-2/h4-7,10,15H,3,8-9H2,1-2H3. The van der Waals surface area contributed by atoms with Crippen LogP contribution in [0.2, 0.25) is 0 Å². The Labute approximate surface area is 96.7 Å². The number of hydrogen-bond donors (Lipinski definition) is 1. The van der Waals surface area contributed by atoms with E-state index in [0.29, 0.717) is 0 Å². The number of pyridine rings is 1. The highest BCUT2D eigenvalue weighted by Crippen LogP contribution is 2.15. The van der Waals surface area contributed by atoms with E-state index >= 15 is 0 Å². The maximum Gasteiger partial charge on any atom is 0.0705 e. The highest BCUT2D eigenvalue weighted by molar-refractivity contribution is 5.79. The van der Waals surface area contributed by atoms with E-state index < -0.39 is 0 Å². The van der Waals surface area contributed by atoms with Gasteiger partial charge in [-0.25, -0.2) is 0 Å². The van der Waals surface area contributed by atoms with Crippen molar-refractivity contribution in [2.75, 3.05) is 13.6 Å². The molecule has 0 radical (unpaired) electrons. The summed E-state index contributed by atoms with van der Waals surface area (Å²) in [5, 5.41) is 4.39. The first kappa shape index (κ1) is 11.1. The molecular formula is C14H18N2. The van der Waals surface area contributed by atoms with E-state index in [-0.39, 0.29) is 0 Å². The molecule has 2 heteroatoms. The zero-order valence-corrected chi connectivity index (χ0v) is 9.96. The monoisotopic (exact) mass is 214 g/mol. The second-order valence-electron chi connectivity index (χ2n) is 4.04. The molecule has 0 unspecified atom stereocenters. The molecule has 2 aromatic rings. The molecule has 0 bridgehead atoms. The number of rotatable bonds is 4. The number of nitrogens with zero attached hydrogens (tertiary/aromatic N) is 1. The number of likely N-dealkylation sites (N-methyl/N-ethyl adjacent to an activating group) is 1. The summed E-state index contributed by atoms with van der Waals surface area (Å²) in [6.45, 7) is 3.15. The van der Waals surface area contributed by atoms with Crippen molar-refractivity contribution >= 4 is 10.9 Å². The minimum Gasteiger partial charge on any atom is -0.319 e. The number of aromatic nitrogens is 1. The van der Waals surface area contributed by atoms with Crippen LogP contribution in [0, 0.1) is 0 Å². The molecule has 1 heterocycles. The van der Waals surface area contributed by atoms with Crippen LogP contribution in [0.1, 0.15) is 18.2 Å². The summed E-state index contributed by atoms with van der Waals surface area (Å²) in [4.78, 5) is 4.65. The van der Waals surface area contributed by atoms with Gasteiger partial charge in [-0.1, -0.05) is 19.1 Å². The van der Waals surface area contributed by atoms with Crippen molar-refractivity contribution in [3.8, 4) is 0 Å². The fourth-order valence-corrected chi connectivity index (χ4v) is 1.83. The summed E-state index contributed by atoms with van der Waals surface area (Å²) in [6, 6.07) is 10.8. The zero-order valence-electron chi connectivity index (χ0n) is 9.96. The molecule has 0 saturated heterocycles. The molecular weight excluding hydrogens is 196 g/mol. The molecule has 2 nitrogen and oxygen atoms in total. The van der Waals surface area contributed by atoms with Gasteiger partial charge in [0, 0.05) is 24.0 Å². The SMILES string of the molecule is CCc1ccc2nc(CCNC)ccc2c1. The second kappa shape index (κ2) is 5.08. The van der Waals surface area contributed by atoms with Crippen LogP contribution >= 0.6 is 0 Å². The Balaban J connectivity index is 2.32. The van der Waals surface area contributed by atoms with Crippen molar-refractivity contribution in [3.05, 3.63) is 41.6 Å². The number of fused-ring (bicyclic) bond motifs is 1. The first-order valence-electron chi connectivity index (χ1n) is 5.86. The molecule has 84 valence electrons. The van der Waals surface area contributed by atoms with Crippen molar-refractivity contribution in [1.82, 2.24) is 10.3 Å². The van der Waals surface area contributed by atoms with Gasteiger partial charge >= 0.3 is 0 Å². The number of aryl methyl sites for hydroxylation is 1. The van der Waals surface area contributed by atoms with Crippen LogP contribution in [0.25, 0.3) is 10.9 Å². The molecule has 0 aliphatic rings. The molecule has 0 aliphatic heterocycles. The van der Waals surface area contributed by atoms with Gasteiger partial charge in [0.25, 0.3) is 0 Å². The Morgan fingerprint density at radius 3 is 2.81 bits per heavy atom. The topological polar surface area (TPSA) is 24.9 Å². The summed E-state index contributed by atoms with van der Waals surface area (Å²) >= 11 is 0. The Bertz CT molecular complexity index is 477. The van der Waals surface area contributed by atoms with Crippen molar-refractivity contribution in [1.29, 1.82) is 0 Å². The smallest absolute Gasteiger partial charge is 0.0705 e. The van der Waals surface area contributed by atoms with Crippen molar-refractivity contribution in [2.45, 2.75) is 19.8 Å². The molecule has 0 fully saturated rings. The molecule has 2 rings (SSSR count). The highest BCUT2D eigenvalue weighted by atomic mass is 14.8. The first-order valence-corrected chi connectivity index (χ1v) is 5.86. The van der Waals surface area contributed by atoms with E-state index in [1.54, 1.807) is 0 Å². The van der Waals surface area contributed by atoms with Gasteiger partial charge in [0.1, 0.15) is 0 Å². The van der Waals surface area contributed by atoms with Crippen LogP contribution in [-0.2, 0) is 12.8 Å². The molecule has 1 aromatic heterocycles. The largest absolute Gasteiger partial charge is 0.319 e. The minimum atomic E-state index is 0.978. The number of benzene rings is 1. The Hall–Kier alpha value is -1.41. The van der Waals surface area contributed by atoms with Crippen LogP contribution in [0.3, 0.4) is 0 Å². The average Bonchev–Trinajstić information content (AvgIpc) is 2.35. The molecule has 0 aliphatic carbocycles. The molecule has 0 amide bonds. The summed E-state index contributed by atoms with van der Waals surface area (Å²) in [5.41, 5.74) is 3.63. The lowest BCUT2D eigenvalue weighted by Crippen LogP contribution is -2.11. The third-order valence-electron chi connectivity index (χ3n) is 2.85. The summed E-state index contributed by atoms with van der Waals surface area (Å²) in [5.74, 6) is 0. The Morgan fingerprint density at radius 1 is 1.19 bits per heavy atom.